The van der Waals surface area contributed by atoms with E-state index in [1.807, 2.05) is 12.1 Å². The highest BCUT2D eigenvalue weighted by molar-refractivity contribution is 5.94. The maximum Gasteiger partial charge on any atom is 0.251 e. The summed E-state index contributed by atoms with van der Waals surface area (Å²) in [6, 6.07) is 8.60. The van der Waals surface area contributed by atoms with Crippen molar-refractivity contribution in [1.29, 1.82) is 0 Å². The topological polar surface area (TPSA) is 35.6 Å². The molecule has 1 aromatic carbocycles. The number of amides is 1. The first-order valence-electron chi connectivity index (χ1n) is 11.2. The summed E-state index contributed by atoms with van der Waals surface area (Å²) in [6.07, 6.45) is 3.56. The summed E-state index contributed by atoms with van der Waals surface area (Å²) in [5.41, 5.74) is 2.02. The number of benzene rings is 1. The minimum atomic E-state index is 0.0444. The average molecular weight is 388 g/mol. The lowest BCUT2D eigenvalue weighted by molar-refractivity contribution is 0.0951. The van der Waals surface area contributed by atoms with E-state index in [4.69, 9.17) is 0 Å². The largest absolute Gasteiger partial charge is 0.352 e. The molecular formula is C24H41N3O. The number of nitrogens with zero attached hydrogens (tertiary/aromatic N) is 2. The molecule has 1 aliphatic heterocycles. The van der Waals surface area contributed by atoms with Crippen LogP contribution in [0.2, 0.25) is 0 Å². The summed E-state index contributed by atoms with van der Waals surface area (Å²) in [4.78, 5) is 17.4. The van der Waals surface area contributed by atoms with Gasteiger partial charge in [0, 0.05) is 37.8 Å². The Bertz CT molecular complexity index is 574. The number of carbonyl (C=O) groups is 1. The van der Waals surface area contributed by atoms with Crippen LogP contribution in [0.3, 0.4) is 0 Å². The first-order valence-corrected chi connectivity index (χ1v) is 11.2. The Morgan fingerprint density at radius 2 is 1.79 bits per heavy atom. The molecule has 0 aliphatic carbocycles. The normalized spacial score (nSPS) is 20.7. The van der Waals surface area contributed by atoms with Gasteiger partial charge in [-0.15, -0.1) is 0 Å². The van der Waals surface area contributed by atoms with Crippen LogP contribution in [0.1, 0.15) is 69.8 Å². The highest BCUT2D eigenvalue weighted by Crippen LogP contribution is 2.21. The van der Waals surface area contributed by atoms with Gasteiger partial charge in [-0.3, -0.25) is 9.69 Å². The molecule has 0 aromatic heterocycles. The van der Waals surface area contributed by atoms with Crippen molar-refractivity contribution < 1.29 is 4.79 Å². The lowest BCUT2D eigenvalue weighted by Gasteiger charge is -2.34. The molecule has 1 amide bonds. The van der Waals surface area contributed by atoms with E-state index in [-0.39, 0.29) is 5.91 Å². The fourth-order valence-corrected chi connectivity index (χ4v) is 4.39. The number of carbonyl (C=O) groups excluding carboxylic acids is 1. The zero-order valence-corrected chi connectivity index (χ0v) is 18.7. The minimum Gasteiger partial charge on any atom is -0.352 e. The maximum atomic E-state index is 12.4. The quantitative estimate of drug-likeness (QED) is 0.604. The second kappa shape index (κ2) is 11.6. The molecule has 0 spiro atoms. The Balaban J connectivity index is 1.67. The second-order valence-electron chi connectivity index (χ2n) is 9.02. The van der Waals surface area contributed by atoms with Gasteiger partial charge in [0.2, 0.25) is 0 Å². The van der Waals surface area contributed by atoms with Crippen molar-refractivity contribution in [3.8, 4) is 0 Å². The standard InChI is InChI=1S/C24H41N3O/c1-6-27(19(2)3)18-22-9-11-23(12-10-22)24(28)25-13-7-8-14-26-16-20(4)15-21(5)17-26/h9-12,19-21H,6-8,13-18H2,1-5H3,(H,25,28). The zero-order chi connectivity index (χ0) is 20.5. The van der Waals surface area contributed by atoms with Gasteiger partial charge in [0.25, 0.3) is 5.91 Å². The number of nitrogens with one attached hydrogen (secondary N) is 1. The van der Waals surface area contributed by atoms with E-state index in [1.54, 1.807) is 0 Å². The summed E-state index contributed by atoms with van der Waals surface area (Å²) >= 11 is 0. The van der Waals surface area contributed by atoms with Crippen LogP contribution in [-0.2, 0) is 6.54 Å². The molecule has 2 rings (SSSR count). The lowest BCUT2D eigenvalue weighted by Crippen LogP contribution is -2.39. The molecule has 0 radical (unpaired) electrons. The van der Waals surface area contributed by atoms with Crippen LogP contribution in [0.4, 0.5) is 0 Å². The predicted octanol–water partition coefficient (Wildman–Crippen LogP) is 4.40. The molecular weight excluding hydrogens is 346 g/mol. The van der Waals surface area contributed by atoms with E-state index in [2.05, 4.69) is 61.9 Å². The molecule has 4 nitrogen and oxygen atoms in total. The molecule has 2 unspecified atom stereocenters. The smallest absolute Gasteiger partial charge is 0.251 e. The van der Waals surface area contributed by atoms with E-state index < -0.39 is 0 Å². The minimum absolute atomic E-state index is 0.0444. The second-order valence-corrected chi connectivity index (χ2v) is 9.02. The summed E-state index contributed by atoms with van der Waals surface area (Å²) in [5.74, 6) is 1.68. The number of rotatable bonds is 10. The molecule has 2 atom stereocenters. The molecule has 1 aliphatic rings. The molecule has 0 bridgehead atoms. The number of piperidine rings is 1. The van der Waals surface area contributed by atoms with Gasteiger partial charge in [0.05, 0.1) is 0 Å². The van der Waals surface area contributed by atoms with Crippen LogP contribution in [-0.4, -0.2) is 54.5 Å². The van der Waals surface area contributed by atoms with Crippen molar-refractivity contribution in [2.24, 2.45) is 11.8 Å². The summed E-state index contributed by atoms with van der Waals surface area (Å²) < 4.78 is 0. The third-order valence-corrected chi connectivity index (χ3v) is 5.87. The van der Waals surface area contributed by atoms with E-state index in [0.29, 0.717) is 6.04 Å². The molecule has 0 saturated carbocycles. The molecule has 1 aromatic rings. The van der Waals surface area contributed by atoms with Crippen molar-refractivity contribution in [2.75, 3.05) is 32.7 Å². The Morgan fingerprint density at radius 1 is 1.14 bits per heavy atom. The van der Waals surface area contributed by atoms with Gasteiger partial charge in [-0.2, -0.15) is 0 Å². The van der Waals surface area contributed by atoms with Gasteiger partial charge >= 0.3 is 0 Å². The SMILES string of the molecule is CCN(Cc1ccc(C(=O)NCCCCN2CC(C)CC(C)C2)cc1)C(C)C. The molecule has 1 saturated heterocycles. The molecule has 158 valence electrons. The highest BCUT2D eigenvalue weighted by Gasteiger charge is 2.20. The predicted molar refractivity (Wildman–Crippen MR) is 119 cm³/mol. The van der Waals surface area contributed by atoms with E-state index in [0.717, 1.165) is 56.4 Å². The third-order valence-electron chi connectivity index (χ3n) is 5.87. The fraction of sp³-hybridized carbons (Fsp3) is 0.708. The summed E-state index contributed by atoms with van der Waals surface area (Å²) in [6.45, 7) is 17.7. The van der Waals surface area contributed by atoms with Crippen molar-refractivity contribution in [3.05, 3.63) is 35.4 Å². The van der Waals surface area contributed by atoms with Gasteiger partial charge in [-0.1, -0.05) is 32.9 Å². The zero-order valence-electron chi connectivity index (χ0n) is 18.7. The van der Waals surface area contributed by atoms with Crippen LogP contribution >= 0.6 is 0 Å². The fourth-order valence-electron chi connectivity index (χ4n) is 4.39. The van der Waals surface area contributed by atoms with Crippen LogP contribution in [0.15, 0.2) is 24.3 Å². The average Bonchev–Trinajstić information content (AvgIpc) is 2.65. The van der Waals surface area contributed by atoms with Crippen molar-refractivity contribution in [3.63, 3.8) is 0 Å². The van der Waals surface area contributed by atoms with Gasteiger partial charge in [-0.25, -0.2) is 0 Å². The first-order chi connectivity index (χ1) is 13.4. The summed E-state index contributed by atoms with van der Waals surface area (Å²) in [7, 11) is 0. The molecule has 1 fully saturated rings. The Kier molecular flexibility index (Phi) is 9.46. The van der Waals surface area contributed by atoms with Gasteiger partial charge in [0.15, 0.2) is 0 Å². The monoisotopic (exact) mass is 387 g/mol. The van der Waals surface area contributed by atoms with Crippen LogP contribution in [0, 0.1) is 11.8 Å². The number of likely N-dealkylation sites (tertiary alicyclic amines) is 1. The summed E-state index contributed by atoms with van der Waals surface area (Å²) in [5, 5.41) is 3.08. The first kappa shape index (κ1) is 22.9. The van der Waals surface area contributed by atoms with E-state index in [1.165, 1.54) is 25.1 Å². The maximum absolute atomic E-state index is 12.4. The third kappa shape index (κ3) is 7.56. The van der Waals surface area contributed by atoms with Crippen molar-refractivity contribution >= 4 is 5.91 Å². The van der Waals surface area contributed by atoms with Gasteiger partial charge < -0.3 is 10.2 Å². The molecule has 4 heteroatoms. The Hall–Kier alpha value is -1.39. The Morgan fingerprint density at radius 3 is 2.36 bits per heavy atom. The van der Waals surface area contributed by atoms with Gasteiger partial charge in [0.1, 0.15) is 0 Å². The number of hydrogen-bond acceptors (Lipinski definition) is 3. The lowest BCUT2D eigenvalue weighted by atomic mass is 9.92. The number of hydrogen-bond donors (Lipinski definition) is 1. The van der Waals surface area contributed by atoms with Crippen LogP contribution in [0.5, 0.6) is 0 Å². The van der Waals surface area contributed by atoms with E-state index >= 15 is 0 Å². The number of unbranched alkanes of at least 4 members (excludes halogenated alkanes) is 1. The van der Waals surface area contributed by atoms with Crippen molar-refractivity contribution in [1.82, 2.24) is 15.1 Å². The molecule has 1 N–H and O–H groups in total. The van der Waals surface area contributed by atoms with Crippen LogP contribution in [0.25, 0.3) is 0 Å². The highest BCUT2D eigenvalue weighted by atomic mass is 16.1. The molecule has 28 heavy (non-hydrogen) atoms. The van der Waals surface area contributed by atoms with Crippen LogP contribution < -0.4 is 5.32 Å². The molecule has 1 heterocycles. The van der Waals surface area contributed by atoms with Gasteiger partial charge in [-0.05, 0) is 75.7 Å². The van der Waals surface area contributed by atoms with Crippen molar-refractivity contribution in [2.45, 2.75) is 66.5 Å². The van der Waals surface area contributed by atoms with E-state index in [9.17, 15) is 4.79 Å². The Labute approximate surface area is 172 Å².